The quantitative estimate of drug-likeness (QED) is 0.914. The van der Waals surface area contributed by atoms with Gasteiger partial charge in [0.15, 0.2) is 6.61 Å². The van der Waals surface area contributed by atoms with E-state index in [-0.39, 0.29) is 12.5 Å². The van der Waals surface area contributed by atoms with Crippen LogP contribution in [0.2, 0.25) is 0 Å². The first kappa shape index (κ1) is 15.1. The fourth-order valence-corrected chi connectivity index (χ4v) is 2.14. The topological polar surface area (TPSA) is 38.3 Å². The van der Waals surface area contributed by atoms with E-state index in [9.17, 15) is 4.79 Å². The predicted octanol–water partition coefficient (Wildman–Crippen LogP) is 3.31. The van der Waals surface area contributed by atoms with Crippen LogP contribution >= 0.6 is 0 Å². The summed E-state index contributed by atoms with van der Waals surface area (Å²) in [6.07, 6.45) is 0. The molecule has 0 unspecified atom stereocenters. The minimum absolute atomic E-state index is 0.0383. The molecule has 3 nitrogen and oxygen atoms in total. The van der Waals surface area contributed by atoms with E-state index in [0.717, 1.165) is 22.4 Å². The van der Waals surface area contributed by atoms with Gasteiger partial charge in [0.05, 0.1) is 0 Å². The average molecular weight is 283 g/mol. The standard InChI is InChI=1S/C18H21NO2/c1-13-9-14(2)15(3)17(10-13)21-12-18(20)19-11-16-7-5-4-6-8-16/h4-10H,11-12H2,1-3H3,(H,19,20). The van der Waals surface area contributed by atoms with Crippen molar-refractivity contribution in [2.24, 2.45) is 0 Å². The second-order valence-corrected chi connectivity index (χ2v) is 5.26. The van der Waals surface area contributed by atoms with Gasteiger partial charge in [-0.2, -0.15) is 0 Å². The number of rotatable bonds is 5. The molecule has 2 aromatic carbocycles. The molecule has 21 heavy (non-hydrogen) atoms. The zero-order chi connectivity index (χ0) is 15.2. The summed E-state index contributed by atoms with van der Waals surface area (Å²) in [5.74, 6) is 0.666. The van der Waals surface area contributed by atoms with Crippen LogP contribution in [0.4, 0.5) is 0 Å². The summed E-state index contributed by atoms with van der Waals surface area (Å²) in [5.41, 5.74) is 4.47. The van der Waals surface area contributed by atoms with Gasteiger partial charge in [0.2, 0.25) is 0 Å². The highest BCUT2D eigenvalue weighted by atomic mass is 16.5. The van der Waals surface area contributed by atoms with Gasteiger partial charge in [0.25, 0.3) is 5.91 Å². The molecule has 0 aliphatic heterocycles. The number of nitrogens with one attached hydrogen (secondary N) is 1. The van der Waals surface area contributed by atoms with Gasteiger partial charge in [0, 0.05) is 6.54 Å². The van der Waals surface area contributed by atoms with Gasteiger partial charge in [-0.3, -0.25) is 4.79 Å². The van der Waals surface area contributed by atoms with Crippen LogP contribution in [0, 0.1) is 20.8 Å². The van der Waals surface area contributed by atoms with Crippen LogP contribution in [0.5, 0.6) is 5.75 Å². The Hall–Kier alpha value is -2.29. The Bertz CT molecular complexity index is 621. The Morgan fingerprint density at radius 2 is 1.81 bits per heavy atom. The van der Waals surface area contributed by atoms with Crippen LogP contribution < -0.4 is 10.1 Å². The average Bonchev–Trinajstić information content (AvgIpc) is 2.48. The molecular weight excluding hydrogens is 262 g/mol. The number of carbonyl (C=O) groups is 1. The first-order valence-electron chi connectivity index (χ1n) is 7.07. The minimum atomic E-state index is -0.114. The maximum Gasteiger partial charge on any atom is 0.258 e. The SMILES string of the molecule is Cc1cc(C)c(C)c(OCC(=O)NCc2ccccc2)c1. The highest BCUT2D eigenvalue weighted by Gasteiger charge is 2.07. The molecule has 1 N–H and O–H groups in total. The summed E-state index contributed by atoms with van der Waals surface area (Å²) in [4.78, 5) is 11.8. The summed E-state index contributed by atoms with van der Waals surface area (Å²) in [5, 5.41) is 2.85. The van der Waals surface area contributed by atoms with Crippen LogP contribution in [0.1, 0.15) is 22.3 Å². The van der Waals surface area contributed by atoms with Crippen molar-refractivity contribution in [3.05, 3.63) is 64.7 Å². The lowest BCUT2D eigenvalue weighted by atomic mass is 10.1. The monoisotopic (exact) mass is 283 g/mol. The third kappa shape index (κ3) is 4.35. The van der Waals surface area contributed by atoms with Crippen molar-refractivity contribution >= 4 is 5.91 Å². The van der Waals surface area contributed by atoms with Crippen molar-refractivity contribution < 1.29 is 9.53 Å². The fraction of sp³-hybridized carbons (Fsp3) is 0.278. The highest BCUT2D eigenvalue weighted by Crippen LogP contribution is 2.23. The normalized spacial score (nSPS) is 10.2. The first-order chi connectivity index (χ1) is 10.1. The summed E-state index contributed by atoms with van der Waals surface area (Å²) in [7, 11) is 0. The third-order valence-corrected chi connectivity index (χ3v) is 3.46. The van der Waals surface area contributed by atoms with Crippen LogP contribution in [-0.2, 0) is 11.3 Å². The van der Waals surface area contributed by atoms with E-state index in [2.05, 4.69) is 11.4 Å². The maximum atomic E-state index is 11.8. The predicted molar refractivity (Wildman–Crippen MR) is 84.4 cm³/mol. The highest BCUT2D eigenvalue weighted by molar-refractivity contribution is 5.77. The van der Waals surface area contributed by atoms with Crippen molar-refractivity contribution in [3.8, 4) is 5.75 Å². The van der Waals surface area contributed by atoms with Crippen molar-refractivity contribution in [2.45, 2.75) is 27.3 Å². The van der Waals surface area contributed by atoms with Crippen molar-refractivity contribution in [1.29, 1.82) is 0 Å². The summed E-state index contributed by atoms with van der Waals surface area (Å²) >= 11 is 0. The molecule has 0 saturated carbocycles. The van der Waals surface area contributed by atoms with Crippen LogP contribution in [-0.4, -0.2) is 12.5 Å². The summed E-state index contributed by atoms with van der Waals surface area (Å²) in [6, 6.07) is 13.9. The molecule has 3 heteroatoms. The van der Waals surface area contributed by atoms with Gasteiger partial charge in [-0.1, -0.05) is 36.4 Å². The lowest BCUT2D eigenvalue weighted by molar-refractivity contribution is -0.123. The van der Waals surface area contributed by atoms with E-state index in [1.165, 1.54) is 5.56 Å². The Labute approximate surface area is 126 Å². The largest absolute Gasteiger partial charge is 0.483 e. The zero-order valence-electron chi connectivity index (χ0n) is 12.8. The van der Waals surface area contributed by atoms with Crippen molar-refractivity contribution in [2.75, 3.05) is 6.61 Å². The van der Waals surface area contributed by atoms with Gasteiger partial charge in [0.1, 0.15) is 5.75 Å². The molecule has 110 valence electrons. The molecule has 0 aliphatic rings. The number of aryl methyl sites for hydroxylation is 2. The van der Waals surface area contributed by atoms with Crippen molar-refractivity contribution in [3.63, 3.8) is 0 Å². The smallest absolute Gasteiger partial charge is 0.258 e. The Morgan fingerprint density at radius 3 is 2.52 bits per heavy atom. The molecule has 1 amide bonds. The van der Waals surface area contributed by atoms with Crippen molar-refractivity contribution in [1.82, 2.24) is 5.32 Å². The van der Waals surface area contributed by atoms with E-state index >= 15 is 0 Å². The second kappa shape index (κ2) is 6.93. The molecule has 0 radical (unpaired) electrons. The molecule has 2 rings (SSSR count). The number of amides is 1. The number of carbonyl (C=O) groups excluding carboxylic acids is 1. The lowest BCUT2D eigenvalue weighted by Crippen LogP contribution is -2.28. The minimum Gasteiger partial charge on any atom is -0.483 e. The maximum absolute atomic E-state index is 11.8. The van der Waals surface area contributed by atoms with Gasteiger partial charge < -0.3 is 10.1 Å². The molecule has 0 aliphatic carbocycles. The molecule has 0 aromatic heterocycles. The van der Waals surface area contributed by atoms with Crippen LogP contribution in [0.15, 0.2) is 42.5 Å². The van der Waals surface area contributed by atoms with Gasteiger partial charge in [-0.25, -0.2) is 0 Å². The zero-order valence-corrected chi connectivity index (χ0v) is 12.8. The van der Waals surface area contributed by atoms with E-state index < -0.39 is 0 Å². The summed E-state index contributed by atoms with van der Waals surface area (Å²) < 4.78 is 5.64. The Morgan fingerprint density at radius 1 is 1.10 bits per heavy atom. The number of hydrogen-bond acceptors (Lipinski definition) is 2. The second-order valence-electron chi connectivity index (χ2n) is 5.26. The van der Waals surface area contributed by atoms with E-state index in [1.807, 2.05) is 57.2 Å². The van der Waals surface area contributed by atoms with E-state index in [4.69, 9.17) is 4.74 Å². The lowest BCUT2D eigenvalue weighted by Gasteiger charge is -2.12. The molecular formula is C18H21NO2. The van der Waals surface area contributed by atoms with E-state index in [1.54, 1.807) is 0 Å². The molecule has 0 saturated heterocycles. The fourth-order valence-electron chi connectivity index (χ4n) is 2.14. The molecule has 0 spiro atoms. The Balaban J connectivity index is 1.87. The third-order valence-electron chi connectivity index (χ3n) is 3.46. The van der Waals surface area contributed by atoms with Gasteiger partial charge in [-0.05, 0) is 49.1 Å². The number of ether oxygens (including phenoxy) is 1. The molecule has 2 aromatic rings. The Kier molecular flexibility index (Phi) is 4.99. The molecule has 0 fully saturated rings. The number of hydrogen-bond donors (Lipinski definition) is 1. The van der Waals surface area contributed by atoms with Gasteiger partial charge in [-0.15, -0.1) is 0 Å². The van der Waals surface area contributed by atoms with E-state index in [0.29, 0.717) is 6.54 Å². The molecule has 0 atom stereocenters. The molecule has 0 heterocycles. The van der Waals surface area contributed by atoms with Crippen LogP contribution in [0.25, 0.3) is 0 Å². The summed E-state index contributed by atoms with van der Waals surface area (Å²) in [6.45, 7) is 6.64. The number of benzene rings is 2. The molecule has 0 bridgehead atoms. The van der Waals surface area contributed by atoms with Gasteiger partial charge >= 0.3 is 0 Å². The van der Waals surface area contributed by atoms with Crippen LogP contribution in [0.3, 0.4) is 0 Å². The first-order valence-corrected chi connectivity index (χ1v) is 7.07.